The summed E-state index contributed by atoms with van der Waals surface area (Å²) in [5.74, 6) is -2.43. The molecular formula is C15H19NO7S. The van der Waals surface area contributed by atoms with Gasteiger partial charge in [-0.05, 0) is 18.9 Å². The molecule has 0 spiro atoms. The van der Waals surface area contributed by atoms with E-state index in [1.54, 1.807) is 6.92 Å². The van der Waals surface area contributed by atoms with Crippen molar-refractivity contribution in [3.63, 3.8) is 0 Å². The minimum Gasteiger partial charge on any atom is -0.465 e. The van der Waals surface area contributed by atoms with Gasteiger partial charge in [0.25, 0.3) is 5.91 Å². The predicted molar refractivity (Wildman–Crippen MR) is 86.2 cm³/mol. The average Bonchev–Trinajstić information content (AvgIpc) is 2.88. The first kappa shape index (κ1) is 19.6. The van der Waals surface area contributed by atoms with E-state index >= 15 is 0 Å². The number of methoxy groups -OCH3 is 2. The summed E-state index contributed by atoms with van der Waals surface area (Å²) in [6.45, 7) is 2.88. The smallest absolute Gasteiger partial charge is 0.348 e. The number of nitrogens with one attached hydrogen (secondary N) is 1. The van der Waals surface area contributed by atoms with Crippen molar-refractivity contribution in [2.75, 3.05) is 26.1 Å². The summed E-state index contributed by atoms with van der Waals surface area (Å²) in [6.07, 6.45) is 0.824. The number of thiophene rings is 1. The topological polar surface area (TPSA) is 108 Å². The van der Waals surface area contributed by atoms with Crippen molar-refractivity contribution < 1.29 is 33.4 Å². The molecular weight excluding hydrogens is 338 g/mol. The number of esters is 3. The average molecular weight is 357 g/mol. The van der Waals surface area contributed by atoms with Crippen LogP contribution in [-0.2, 0) is 23.8 Å². The lowest BCUT2D eigenvalue weighted by Crippen LogP contribution is -2.21. The first-order valence-electron chi connectivity index (χ1n) is 7.11. The van der Waals surface area contributed by atoms with Gasteiger partial charge in [-0.3, -0.25) is 9.59 Å². The molecule has 0 bridgehead atoms. The van der Waals surface area contributed by atoms with E-state index in [1.807, 2.05) is 6.92 Å². The zero-order valence-electron chi connectivity index (χ0n) is 13.9. The summed E-state index contributed by atoms with van der Waals surface area (Å²) in [6, 6.07) is 0. The fraction of sp³-hybridized carbons (Fsp3) is 0.467. The summed E-state index contributed by atoms with van der Waals surface area (Å²) < 4.78 is 14.1. The van der Waals surface area contributed by atoms with Gasteiger partial charge in [-0.2, -0.15) is 0 Å². The molecule has 0 aliphatic carbocycles. The number of amides is 1. The summed E-state index contributed by atoms with van der Waals surface area (Å²) in [7, 11) is 2.40. The molecule has 1 aromatic rings. The van der Waals surface area contributed by atoms with Gasteiger partial charge in [0.15, 0.2) is 6.61 Å². The van der Waals surface area contributed by atoms with E-state index in [9.17, 15) is 19.2 Å². The van der Waals surface area contributed by atoms with Crippen molar-refractivity contribution in [2.45, 2.75) is 26.7 Å². The maximum absolute atomic E-state index is 11.9. The van der Waals surface area contributed by atoms with Gasteiger partial charge in [-0.15, -0.1) is 11.3 Å². The van der Waals surface area contributed by atoms with Crippen LogP contribution in [0.2, 0.25) is 0 Å². The van der Waals surface area contributed by atoms with Crippen LogP contribution in [0.1, 0.15) is 45.4 Å². The molecule has 0 fully saturated rings. The third-order valence-corrected chi connectivity index (χ3v) is 4.17. The molecule has 1 amide bonds. The molecule has 0 atom stereocenters. The van der Waals surface area contributed by atoms with Gasteiger partial charge in [0, 0.05) is 6.42 Å². The van der Waals surface area contributed by atoms with Gasteiger partial charge in [0.1, 0.15) is 9.88 Å². The van der Waals surface area contributed by atoms with E-state index in [1.165, 1.54) is 14.2 Å². The van der Waals surface area contributed by atoms with Crippen LogP contribution in [0.3, 0.4) is 0 Å². The summed E-state index contributed by atoms with van der Waals surface area (Å²) in [4.78, 5) is 47.0. The molecule has 0 radical (unpaired) electrons. The molecule has 8 nitrogen and oxygen atoms in total. The van der Waals surface area contributed by atoms with Gasteiger partial charge in [0.2, 0.25) is 0 Å². The SMILES string of the molecule is CCCC(=O)OCC(=O)Nc1sc(C(=O)OC)c(C)c1C(=O)OC. The van der Waals surface area contributed by atoms with E-state index in [0.717, 1.165) is 11.3 Å². The summed E-state index contributed by atoms with van der Waals surface area (Å²) in [5, 5.41) is 2.59. The fourth-order valence-corrected chi connectivity index (χ4v) is 2.95. The first-order valence-corrected chi connectivity index (χ1v) is 7.92. The Morgan fingerprint density at radius 2 is 1.71 bits per heavy atom. The third kappa shape index (κ3) is 4.79. The lowest BCUT2D eigenvalue weighted by atomic mass is 10.1. The number of anilines is 1. The van der Waals surface area contributed by atoms with E-state index in [2.05, 4.69) is 14.8 Å². The molecule has 1 rings (SSSR count). The normalized spacial score (nSPS) is 10.0. The Balaban J connectivity index is 2.97. The monoisotopic (exact) mass is 357 g/mol. The molecule has 1 aromatic heterocycles. The van der Waals surface area contributed by atoms with Crippen molar-refractivity contribution in [2.24, 2.45) is 0 Å². The largest absolute Gasteiger partial charge is 0.465 e. The molecule has 0 aromatic carbocycles. The zero-order valence-corrected chi connectivity index (χ0v) is 14.7. The summed E-state index contributed by atoms with van der Waals surface area (Å²) in [5.41, 5.74) is 0.410. The summed E-state index contributed by atoms with van der Waals surface area (Å²) >= 11 is 0.888. The van der Waals surface area contributed by atoms with Crippen LogP contribution in [0.25, 0.3) is 0 Å². The second-order valence-electron chi connectivity index (χ2n) is 4.70. The minimum absolute atomic E-state index is 0.0659. The maximum Gasteiger partial charge on any atom is 0.348 e. The van der Waals surface area contributed by atoms with Crippen LogP contribution >= 0.6 is 11.3 Å². The van der Waals surface area contributed by atoms with E-state index in [4.69, 9.17) is 4.74 Å². The highest BCUT2D eigenvalue weighted by Crippen LogP contribution is 2.34. The van der Waals surface area contributed by atoms with Gasteiger partial charge in [-0.1, -0.05) is 6.92 Å². The Morgan fingerprint density at radius 1 is 1.08 bits per heavy atom. The van der Waals surface area contributed by atoms with E-state index in [-0.39, 0.29) is 21.9 Å². The Hall–Kier alpha value is -2.42. The van der Waals surface area contributed by atoms with Crippen molar-refractivity contribution in [3.8, 4) is 0 Å². The van der Waals surface area contributed by atoms with Crippen LogP contribution in [0.5, 0.6) is 0 Å². The highest BCUT2D eigenvalue weighted by atomic mass is 32.1. The van der Waals surface area contributed by atoms with Crippen LogP contribution in [-0.4, -0.2) is 44.6 Å². The number of carbonyl (C=O) groups is 4. The van der Waals surface area contributed by atoms with Crippen molar-refractivity contribution in [3.05, 3.63) is 16.0 Å². The Labute approximate surface area is 143 Å². The second-order valence-corrected chi connectivity index (χ2v) is 5.72. The van der Waals surface area contributed by atoms with Crippen LogP contribution in [0.15, 0.2) is 0 Å². The molecule has 1 N–H and O–H groups in total. The van der Waals surface area contributed by atoms with E-state index < -0.39 is 30.4 Å². The van der Waals surface area contributed by atoms with Crippen LogP contribution in [0, 0.1) is 6.92 Å². The Bertz CT molecular complexity index is 650. The molecule has 0 saturated heterocycles. The third-order valence-electron chi connectivity index (χ3n) is 2.98. The van der Waals surface area contributed by atoms with Crippen molar-refractivity contribution >= 4 is 40.2 Å². The van der Waals surface area contributed by atoms with E-state index in [0.29, 0.717) is 12.0 Å². The minimum atomic E-state index is -0.697. The Morgan fingerprint density at radius 3 is 2.25 bits per heavy atom. The molecule has 24 heavy (non-hydrogen) atoms. The van der Waals surface area contributed by atoms with Crippen molar-refractivity contribution in [1.29, 1.82) is 0 Å². The number of carbonyl (C=O) groups excluding carboxylic acids is 4. The lowest BCUT2D eigenvalue weighted by molar-refractivity contribution is -0.147. The predicted octanol–water partition coefficient (Wildman–Crippen LogP) is 1.91. The molecule has 0 unspecified atom stereocenters. The number of hydrogen-bond acceptors (Lipinski definition) is 8. The molecule has 0 aliphatic rings. The zero-order chi connectivity index (χ0) is 18.3. The first-order chi connectivity index (χ1) is 11.3. The molecule has 9 heteroatoms. The number of hydrogen-bond donors (Lipinski definition) is 1. The maximum atomic E-state index is 11.9. The van der Waals surface area contributed by atoms with Crippen LogP contribution < -0.4 is 5.32 Å². The molecule has 0 aliphatic heterocycles. The fourth-order valence-electron chi connectivity index (χ4n) is 1.82. The highest BCUT2D eigenvalue weighted by molar-refractivity contribution is 7.18. The second kappa shape index (κ2) is 9.02. The molecule has 132 valence electrons. The number of rotatable bonds is 7. The quantitative estimate of drug-likeness (QED) is 0.586. The van der Waals surface area contributed by atoms with Gasteiger partial charge >= 0.3 is 17.9 Å². The Kier molecular flexibility index (Phi) is 7.37. The lowest BCUT2D eigenvalue weighted by Gasteiger charge is -2.06. The highest BCUT2D eigenvalue weighted by Gasteiger charge is 2.26. The van der Waals surface area contributed by atoms with Crippen LogP contribution in [0.4, 0.5) is 5.00 Å². The van der Waals surface area contributed by atoms with Gasteiger partial charge in [-0.25, -0.2) is 9.59 Å². The van der Waals surface area contributed by atoms with Gasteiger partial charge < -0.3 is 19.5 Å². The van der Waals surface area contributed by atoms with Gasteiger partial charge in [0.05, 0.1) is 19.8 Å². The number of ether oxygens (including phenoxy) is 3. The van der Waals surface area contributed by atoms with Crippen molar-refractivity contribution in [1.82, 2.24) is 0 Å². The molecule has 1 heterocycles. The molecule has 0 saturated carbocycles. The standard InChI is InChI=1S/C15H19NO7S/c1-5-6-10(18)23-7-9(17)16-13-11(14(19)21-3)8(2)12(24-13)15(20)22-4/h5-7H2,1-4H3,(H,16,17).